The van der Waals surface area contributed by atoms with Crippen molar-refractivity contribution in [3.63, 3.8) is 0 Å². The van der Waals surface area contributed by atoms with Crippen molar-refractivity contribution in [2.75, 3.05) is 18.4 Å². The van der Waals surface area contributed by atoms with E-state index in [-0.39, 0.29) is 29.0 Å². The molecule has 1 aromatic carbocycles. The smallest absolute Gasteiger partial charge is 0.295 e. The van der Waals surface area contributed by atoms with E-state index in [9.17, 15) is 14.4 Å². The molecule has 7 nitrogen and oxygen atoms in total. The molecule has 1 aliphatic rings. The zero-order valence-corrected chi connectivity index (χ0v) is 16.4. The Morgan fingerprint density at radius 3 is 2.46 bits per heavy atom. The molecule has 3 heterocycles. The molecule has 2 amide bonds. The van der Waals surface area contributed by atoms with Crippen LogP contribution in [0.4, 0.5) is 5.69 Å². The van der Waals surface area contributed by atoms with Gasteiger partial charge in [-0.05, 0) is 30.5 Å². The number of carbonyl (C=O) groups excluding carboxylic acids is 2. The lowest BCUT2D eigenvalue weighted by Gasteiger charge is -2.37. The molecule has 0 atom stereocenters. The number of carbonyl (C=O) groups is 2. The van der Waals surface area contributed by atoms with Gasteiger partial charge in [-0.1, -0.05) is 24.3 Å². The summed E-state index contributed by atoms with van der Waals surface area (Å²) in [6.45, 7) is 2.52. The average Bonchev–Trinajstić information content (AvgIpc) is 3.25. The first-order chi connectivity index (χ1) is 13.5. The second kappa shape index (κ2) is 7.12. The minimum absolute atomic E-state index is 0.0543. The van der Waals surface area contributed by atoms with E-state index in [1.165, 1.54) is 16.0 Å². The van der Waals surface area contributed by atoms with E-state index in [1.54, 1.807) is 29.6 Å². The maximum absolute atomic E-state index is 12.9. The van der Waals surface area contributed by atoms with Crippen LogP contribution in [0.3, 0.4) is 0 Å². The van der Waals surface area contributed by atoms with Crippen LogP contribution in [0.15, 0.2) is 52.6 Å². The highest BCUT2D eigenvalue weighted by atomic mass is 32.1. The standard InChI is InChI=1S/C20H20N4O3S/c1-13-17(20(27)24(22(13)2)15-7-4-3-5-8-15)21-18(25)14-11-23(12-14)19(26)16-9-6-10-28-16/h3-10,14H,11-12H2,1-2H3,(H,21,25). The molecule has 0 saturated carbocycles. The third-order valence-corrected chi connectivity index (χ3v) is 5.93. The van der Waals surface area contributed by atoms with Gasteiger partial charge in [0.15, 0.2) is 0 Å². The molecule has 2 aromatic heterocycles. The molecule has 1 fully saturated rings. The minimum Gasteiger partial charge on any atom is -0.336 e. The Bertz CT molecular complexity index is 1080. The first-order valence-electron chi connectivity index (χ1n) is 8.95. The lowest BCUT2D eigenvalue weighted by molar-refractivity contribution is -0.123. The van der Waals surface area contributed by atoms with E-state index < -0.39 is 0 Å². The number of nitrogens with one attached hydrogen (secondary N) is 1. The fourth-order valence-corrected chi connectivity index (χ4v) is 3.99. The highest BCUT2D eigenvalue weighted by Crippen LogP contribution is 2.23. The number of thiophene rings is 1. The average molecular weight is 396 g/mol. The summed E-state index contributed by atoms with van der Waals surface area (Å²) in [5.74, 6) is -0.601. The Morgan fingerprint density at radius 2 is 1.82 bits per heavy atom. The highest BCUT2D eigenvalue weighted by molar-refractivity contribution is 7.12. The van der Waals surface area contributed by atoms with E-state index in [2.05, 4.69) is 5.32 Å². The molecule has 1 saturated heterocycles. The van der Waals surface area contributed by atoms with Gasteiger partial charge in [-0.25, -0.2) is 4.68 Å². The Labute approximate surface area is 165 Å². The zero-order chi connectivity index (χ0) is 19.8. The van der Waals surface area contributed by atoms with Crippen LogP contribution >= 0.6 is 11.3 Å². The van der Waals surface area contributed by atoms with Crippen LogP contribution in [0.5, 0.6) is 0 Å². The molecule has 4 rings (SSSR count). The summed E-state index contributed by atoms with van der Waals surface area (Å²) >= 11 is 1.39. The number of nitrogens with zero attached hydrogens (tertiary/aromatic N) is 3. The second-order valence-corrected chi connectivity index (χ2v) is 7.76. The first-order valence-corrected chi connectivity index (χ1v) is 9.83. The number of benzene rings is 1. The highest BCUT2D eigenvalue weighted by Gasteiger charge is 2.37. The number of likely N-dealkylation sites (tertiary alicyclic amines) is 1. The third kappa shape index (κ3) is 3.05. The lowest BCUT2D eigenvalue weighted by Crippen LogP contribution is -2.54. The van der Waals surface area contributed by atoms with Gasteiger partial charge in [0.25, 0.3) is 11.5 Å². The molecular weight excluding hydrogens is 376 g/mol. The van der Waals surface area contributed by atoms with Crippen LogP contribution in [0.25, 0.3) is 5.69 Å². The van der Waals surface area contributed by atoms with E-state index >= 15 is 0 Å². The number of rotatable bonds is 4. The van der Waals surface area contributed by atoms with Gasteiger partial charge in [-0.2, -0.15) is 0 Å². The molecule has 0 bridgehead atoms. The van der Waals surface area contributed by atoms with Crippen LogP contribution in [0.1, 0.15) is 15.4 Å². The van der Waals surface area contributed by atoms with Gasteiger partial charge in [0.2, 0.25) is 5.91 Å². The summed E-state index contributed by atoms with van der Waals surface area (Å²) < 4.78 is 3.25. The quantitative estimate of drug-likeness (QED) is 0.735. The van der Waals surface area contributed by atoms with Crippen LogP contribution in [0.2, 0.25) is 0 Å². The van der Waals surface area contributed by atoms with Crippen molar-refractivity contribution in [2.24, 2.45) is 13.0 Å². The molecule has 28 heavy (non-hydrogen) atoms. The predicted octanol–water partition coefficient (Wildman–Crippen LogP) is 2.26. The van der Waals surface area contributed by atoms with Crippen molar-refractivity contribution < 1.29 is 9.59 Å². The SMILES string of the molecule is Cc1c(NC(=O)C2CN(C(=O)c3cccs3)C2)c(=O)n(-c2ccccc2)n1C. The van der Waals surface area contributed by atoms with Gasteiger partial charge in [0, 0.05) is 20.1 Å². The summed E-state index contributed by atoms with van der Waals surface area (Å²) in [4.78, 5) is 40.1. The van der Waals surface area contributed by atoms with Crippen molar-refractivity contribution in [1.82, 2.24) is 14.3 Å². The topological polar surface area (TPSA) is 76.3 Å². The van der Waals surface area contributed by atoms with Crippen molar-refractivity contribution in [3.8, 4) is 5.69 Å². The van der Waals surface area contributed by atoms with Crippen molar-refractivity contribution in [1.29, 1.82) is 0 Å². The summed E-state index contributed by atoms with van der Waals surface area (Å²) in [5.41, 5.74) is 1.41. The normalized spacial score (nSPS) is 14.0. The van der Waals surface area contributed by atoms with E-state index in [4.69, 9.17) is 0 Å². The summed E-state index contributed by atoms with van der Waals surface area (Å²) in [5, 5.41) is 4.63. The predicted molar refractivity (Wildman–Crippen MR) is 108 cm³/mol. The Kier molecular flexibility index (Phi) is 4.64. The number of hydrogen-bond acceptors (Lipinski definition) is 4. The number of amides is 2. The van der Waals surface area contributed by atoms with Crippen molar-refractivity contribution in [3.05, 3.63) is 68.8 Å². The molecule has 1 N–H and O–H groups in total. The third-order valence-electron chi connectivity index (χ3n) is 5.07. The number of hydrogen-bond donors (Lipinski definition) is 1. The second-order valence-electron chi connectivity index (χ2n) is 6.81. The molecule has 8 heteroatoms. The van der Waals surface area contributed by atoms with Gasteiger partial charge in [0.05, 0.1) is 22.2 Å². The van der Waals surface area contributed by atoms with Gasteiger partial charge >= 0.3 is 0 Å². The van der Waals surface area contributed by atoms with E-state index in [0.29, 0.717) is 23.7 Å². The summed E-state index contributed by atoms with van der Waals surface area (Å²) in [6, 6.07) is 12.9. The van der Waals surface area contributed by atoms with Gasteiger partial charge in [-0.3, -0.25) is 19.1 Å². The largest absolute Gasteiger partial charge is 0.336 e. The summed E-state index contributed by atoms with van der Waals surface area (Å²) in [7, 11) is 1.78. The fraction of sp³-hybridized carbons (Fsp3) is 0.250. The van der Waals surface area contributed by atoms with E-state index in [1.807, 2.05) is 41.8 Å². The molecule has 0 unspecified atom stereocenters. The zero-order valence-electron chi connectivity index (χ0n) is 15.6. The van der Waals surface area contributed by atoms with Crippen LogP contribution in [0, 0.1) is 12.8 Å². The van der Waals surface area contributed by atoms with Gasteiger partial charge < -0.3 is 10.2 Å². The molecule has 0 aliphatic carbocycles. The van der Waals surface area contributed by atoms with E-state index in [0.717, 1.165) is 5.69 Å². The molecule has 3 aromatic rings. The minimum atomic E-state index is -0.312. The molecular formula is C20H20N4O3S. The monoisotopic (exact) mass is 396 g/mol. The first kappa shape index (κ1) is 18.2. The Morgan fingerprint density at radius 1 is 1.11 bits per heavy atom. The number of anilines is 1. The molecule has 0 spiro atoms. The molecule has 144 valence electrons. The Balaban J connectivity index is 1.48. The molecule has 1 aliphatic heterocycles. The van der Waals surface area contributed by atoms with Gasteiger partial charge in [0.1, 0.15) is 5.69 Å². The fourth-order valence-electron chi connectivity index (χ4n) is 3.30. The lowest BCUT2D eigenvalue weighted by atomic mass is 9.98. The number of aromatic nitrogens is 2. The molecule has 0 radical (unpaired) electrons. The van der Waals surface area contributed by atoms with Gasteiger partial charge in [-0.15, -0.1) is 11.3 Å². The number of para-hydroxylation sites is 1. The maximum Gasteiger partial charge on any atom is 0.295 e. The van der Waals surface area contributed by atoms with Crippen LogP contribution in [-0.4, -0.2) is 39.2 Å². The summed E-state index contributed by atoms with van der Waals surface area (Å²) in [6.07, 6.45) is 0. The van der Waals surface area contributed by atoms with Crippen LogP contribution in [-0.2, 0) is 11.8 Å². The maximum atomic E-state index is 12.9. The van der Waals surface area contributed by atoms with Crippen molar-refractivity contribution >= 4 is 28.8 Å². The Hall–Kier alpha value is -3.13. The van der Waals surface area contributed by atoms with Crippen LogP contribution < -0.4 is 10.9 Å². The van der Waals surface area contributed by atoms with Crippen molar-refractivity contribution in [2.45, 2.75) is 6.92 Å².